The molecule has 0 bridgehead atoms. The van der Waals surface area contributed by atoms with E-state index in [-0.39, 0.29) is 0 Å². The maximum Gasteiger partial charge on any atom is 0.128 e. The van der Waals surface area contributed by atoms with E-state index in [4.69, 9.17) is 4.74 Å². The molecule has 4 aromatic rings. The van der Waals surface area contributed by atoms with E-state index < -0.39 is 0 Å². The van der Waals surface area contributed by atoms with Crippen LogP contribution in [0.5, 0.6) is 11.5 Å². The summed E-state index contributed by atoms with van der Waals surface area (Å²) >= 11 is 0. The molecular formula is C24H20N2O. The largest absolute Gasteiger partial charge is 0.457 e. The van der Waals surface area contributed by atoms with Gasteiger partial charge in [-0.25, -0.2) is 0 Å². The van der Waals surface area contributed by atoms with Gasteiger partial charge in [-0.15, -0.1) is 0 Å². The van der Waals surface area contributed by atoms with Gasteiger partial charge in [0.25, 0.3) is 0 Å². The Labute approximate surface area is 159 Å². The lowest BCUT2D eigenvalue weighted by Gasteiger charge is -2.11. The minimum Gasteiger partial charge on any atom is -0.457 e. The van der Waals surface area contributed by atoms with Gasteiger partial charge in [-0.2, -0.15) is 0 Å². The average molecular weight is 352 g/mol. The fourth-order valence-electron chi connectivity index (χ4n) is 3.04. The number of aromatic nitrogens is 2. The molecule has 0 aliphatic rings. The lowest BCUT2D eigenvalue weighted by atomic mass is 10.1. The number of pyridine rings is 2. The van der Waals surface area contributed by atoms with E-state index in [0.717, 1.165) is 39.6 Å². The van der Waals surface area contributed by atoms with Crippen LogP contribution in [0.2, 0.25) is 0 Å². The molecule has 2 heterocycles. The first kappa shape index (κ1) is 17.0. The van der Waals surface area contributed by atoms with E-state index in [9.17, 15) is 0 Å². The number of aryl methyl sites for hydroxylation is 2. The molecule has 3 heteroatoms. The van der Waals surface area contributed by atoms with Crippen molar-refractivity contribution in [2.45, 2.75) is 13.8 Å². The third kappa shape index (κ3) is 4.04. The van der Waals surface area contributed by atoms with E-state index in [0.29, 0.717) is 0 Å². The number of hydrogen-bond acceptors (Lipinski definition) is 3. The van der Waals surface area contributed by atoms with Gasteiger partial charge in [0.1, 0.15) is 11.5 Å². The van der Waals surface area contributed by atoms with Gasteiger partial charge < -0.3 is 4.74 Å². The third-order valence-electron chi connectivity index (χ3n) is 4.29. The molecule has 132 valence electrons. The topological polar surface area (TPSA) is 35.0 Å². The van der Waals surface area contributed by atoms with Crippen molar-refractivity contribution in [3.63, 3.8) is 0 Å². The molecule has 27 heavy (non-hydrogen) atoms. The van der Waals surface area contributed by atoms with Gasteiger partial charge in [0.2, 0.25) is 0 Å². The second-order valence-corrected chi connectivity index (χ2v) is 6.60. The molecule has 0 saturated carbocycles. The van der Waals surface area contributed by atoms with Gasteiger partial charge in [-0.3, -0.25) is 9.97 Å². The molecule has 0 aliphatic heterocycles. The standard InChI is InChI=1S/C24H20N2O/c1-17-9-11-26-24(14-17)19-6-5-7-21(15-19)27-22-13-18(2)12-20(16-22)23-8-3-4-10-25-23/h3-16H,1-2H3. The summed E-state index contributed by atoms with van der Waals surface area (Å²) in [7, 11) is 0. The molecule has 2 aromatic heterocycles. The molecule has 0 fully saturated rings. The van der Waals surface area contributed by atoms with Crippen LogP contribution in [0.25, 0.3) is 22.5 Å². The van der Waals surface area contributed by atoms with E-state index in [2.05, 4.69) is 35.9 Å². The van der Waals surface area contributed by atoms with Crippen molar-refractivity contribution in [1.29, 1.82) is 0 Å². The van der Waals surface area contributed by atoms with E-state index in [1.807, 2.05) is 66.9 Å². The van der Waals surface area contributed by atoms with Crippen molar-refractivity contribution in [3.05, 3.63) is 96.3 Å². The fraction of sp³-hybridized carbons (Fsp3) is 0.0833. The first-order valence-corrected chi connectivity index (χ1v) is 8.91. The first-order valence-electron chi connectivity index (χ1n) is 8.91. The zero-order valence-electron chi connectivity index (χ0n) is 15.4. The highest BCUT2D eigenvalue weighted by Gasteiger charge is 2.06. The van der Waals surface area contributed by atoms with Crippen molar-refractivity contribution in [3.8, 4) is 34.0 Å². The fourth-order valence-corrected chi connectivity index (χ4v) is 3.04. The number of hydrogen-bond donors (Lipinski definition) is 0. The van der Waals surface area contributed by atoms with Gasteiger partial charge >= 0.3 is 0 Å². The predicted molar refractivity (Wildman–Crippen MR) is 109 cm³/mol. The second-order valence-electron chi connectivity index (χ2n) is 6.60. The van der Waals surface area contributed by atoms with Gasteiger partial charge in [0, 0.05) is 23.5 Å². The summed E-state index contributed by atoms with van der Waals surface area (Å²) in [6, 6.07) is 24.2. The highest BCUT2D eigenvalue weighted by Crippen LogP contribution is 2.30. The van der Waals surface area contributed by atoms with Gasteiger partial charge in [0.15, 0.2) is 0 Å². The van der Waals surface area contributed by atoms with Crippen LogP contribution in [0.15, 0.2) is 85.2 Å². The number of benzene rings is 2. The van der Waals surface area contributed by atoms with Crippen LogP contribution >= 0.6 is 0 Å². The predicted octanol–water partition coefficient (Wildman–Crippen LogP) is 6.22. The summed E-state index contributed by atoms with van der Waals surface area (Å²) in [4.78, 5) is 8.90. The summed E-state index contributed by atoms with van der Waals surface area (Å²) in [5, 5.41) is 0. The molecular weight excluding hydrogens is 332 g/mol. The minimum atomic E-state index is 0.786. The van der Waals surface area contributed by atoms with Crippen molar-refractivity contribution >= 4 is 0 Å². The van der Waals surface area contributed by atoms with Crippen LogP contribution in [0.3, 0.4) is 0 Å². The van der Waals surface area contributed by atoms with Crippen LogP contribution in [0.4, 0.5) is 0 Å². The molecule has 0 saturated heterocycles. The van der Waals surface area contributed by atoms with Crippen LogP contribution in [0, 0.1) is 13.8 Å². The highest BCUT2D eigenvalue weighted by atomic mass is 16.5. The Kier molecular flexibility index (Phi) is 4.67. The number of ether oxygens (including phenoxy) is 1. The monoisotopic (exact) mass is 352 g/mol. The van der Waals surface area contributed by atoms with Crippen molar-refractivity contribution in [2.75, 3.05) is 0 Å². The summed E-state index contributed by atoms with van der Waals surface area (Å²) in [6.45, 7) is 4.13. The average Bonchev–Trinajstić information content (AvgIpc) is 2.68. The molecule has 3 nitrogen and oxygen atoms in total. The maximum atomic E-state index is 6.16. The summed E-state index contributed by atoms with van der Waals surface area (Å²) in [5.74, 6) is 1.58. The van der Waals surface area contributed by atoms with Crippen LogP contribution < -0.4 is 4.74 Å². The van der Waals surface area contributed by atoms with Crippen molar-refractivity contribution in [1.82, 2.24) is 9.97 Å². The van der Waals surface area contributed by atoms with E-state index in [1.54, 1.807) is 6.20 Å². The van der Waals surface area contributed by atoms with Gasteiger partial charge in [0.05, 0.1) is 11.4 Å². The van der Waals surface area contributed by atoms with Crippen LogP contribution in [-0.4, -0.2) is 9.97 Å². The SMILES string of the molecule is Cc1cc(Oc2cccc(-c3cc(C)ccn3)c2)cc(-c2ccccn2)c1. The van der Waals surface area contributed by atoms with Gasteiger partial charge in [-0.05, 0) is 79.6 Å². The molecule has 0 unspecified atom stereocenters. The third-order valence-corrected chi connectivity index (χ3v) is 4.29. The molecule has 0 atom stereocenters. The number of nitrogens with zero attached hydrogens (tertiary/aromatic N) is 2. The molecule has 2 aromatic carbocycles. The minimum absolute atomic E-state index is 0.786. The number of rotatable bonds is 4. The zero-order chi connectivity index (χ0) is 18.6. The molecule has 0 amide bonds. The van der Waals surface area contributed by atoms with Crippen LogP contribution in [-0.2, 0) is 0 Å². The molecule has 4 rings (SSSR count). The quantitative estimate of drug-likeness (QED) is 0.437. The molecule has 0 spiro atoms. The molecule has 0 N–H and O–H groups in total. The molecule has 0 radical (unpaired) electrons. The Morgan fingerprint density at radius 2 is 1.44 bits per heavy atom. The highest BCUT2D eigenvalue weighted by molar-refractivity contribution is 5.64. The summed E-state index contributed by atoms with van der Waals surface area (Å²) in [6.07, 6.45) is 3.63. The summed E-state index contributed by atoms with van der Waals surface area (Å²) in [5.41, 5.74) is 6.27. The second kappa shape index (κ2) is 7.42. The Balaban J connectivity index is 1.65. The Bertz CT molecular complexity index is 1070. The Hall–Kier alpha value is -3.46. The van der Waals surface area contributed by atoms with Crippen molar-refractivity contribution < 1.29 is 4.74 Å². The van der Waals surface area contributed by atoms with E-state index in [1.165, 1.54) is 5.56 Å². The lowest BCUT2D eigenvalue weighted by Crippen LogP contribution is -1.90. The first-order chi connectivity index (χ1) is 13.2. The van der Waals surface area contributed by atoms with E-state index >= 15 is 0 Å². The molecule has 0 aliphatic carbocycles. The Morgan fingerprint density at radius 1 is 0.593 bits per heavy atom. The maximum absolute atomic E-state index is 6.16. The summed E-state index contributed by atoms with van der Waals surface area (Å²) < 4.78 is 6.16. The smallest absolute Gasteiger partial charge is 0.128 e. The Morgan fingerprint density at radius 3 is 2.26 bits per heavy atom. The van der Waals surface area contributed by atoms with Crippen LogP contribution in [0.1, 0.15) is 11.1 Å². The zero-order valence-corrected chi connectivity index (χ0v) is 15.4. The van der Waals surface area contributed by atoms with Crippen molar-refractivity contribution in [2.24, 2.45) is 0 Å². The van der Waals surface area contributed by atoms with Gasteiger partial charge in [-0.1, -0.05) is 18.2 Å². The lowest BCUT2D eigenvalue weighted by molar-refractivity contribution is 0.482. The normalized spacial score (nSPS) is 10.6.